The van der Waals surface area contributed by atoms with E-state index < -0.39 is 0 Å². The third-order valence-electron chi connectivity index (χ3n) is 4.40. The molecule has 0 aromatic carbocycles. The SMILES string of the molecule is COCCO[C@@H]1CCN(C(=O)c2ccnnc2)[C@H]1Cc1cnn(C)c1. The van der Waals surface area contributed by atoms with Gasteiger partial charge in [-0.05, 0) is 24.5 Å². The van der Waals surface area contributed by atoms with Crippen LogP contribution < -0.4 is 0 Å². The molecule has 0 saturated carbocycles. The van der Waals surface area contributed by atoms with Crippen molar-refractivity contribution >= 4 is 5.91 Å². The molecule has 0 bridgehead atoms. The molecule has 3 heterocycles. The third kappa shape index (κ3) is 4.21. The van der Waals surface area contributed by atoms with Crippen molar-refractivity contribution in [1.29, 1.82) is 0 Å². The van der Waals surface area contributed by atoms with Crippen LogP contribution in [0.15, 0.2) is 30.9 Å². The van der Waals surface area contributed by atoms with E-state index in [4.69, 9.17) is 9.47 Å². The number of methoxy groups -OCH3 is 1. The first-order valence-corrected chi connectivity index (χ1v) is 8.34. The number of hydrogen-bond acceptors (Lipinski definition) is 6. The fourth-order valence-electron chi connectivity index (χ4n) is 3.20. The number of likely N-dealkylation sites (tertiary alicyclic amines) is 1. The van der Waals surface area contributed by atoms with Crippen molar-refractivity contribution in [2.45, 2.75) is 25.0 Å². The van der Waals surface area contributed by atoms with Gasteiger partial charge in [0, 0.05) is 26.9 Å². The maximum absolute atomic E-state index is 12.9. The molecule has 8 nitrogen and oxygen atoms in total. The van der Waals surface area contributed by atoms with E-state index in [1.807, 2.05) is 24.3 Å². The second-order valence-electron chi connectivity index (χ2n) is 6.11. The highest BCUT2D eigenvalue weighted by molar-refractivity contribution is 5.94. The van der Waals surface area contributed by atoms with Gasteiger partial charge >= 0.3 is 0 Å². The third-order valence-corrected chi connectivity index (χ3v) is 4.40. The average molecular weight is 345 g/mol. The van der Waals surface area contributed by atoms with Gasteiger partial charge in [-0.2, -0.15) is 15.3 Å². The topological polar surface area (TPSA) is 82.4 Å². The monoisotopic (exact) mass is 345 g/mol. The van der Waals surface area contributed by atoms with Gasteiger partial charge in [0.15, 0.2) is 0 Å². The Kier molecular flexibility index (Phi) is 5.72. The van der Waals surface area contributed by atoms with Gasteiger partial charge < -0.3 is 14.4 Å². The van der Waals surface area contributed by atoms with E-state index in [-0.39, 0.29) is 18.1 Å². The summed E-state index contributed by atoms with van der Waals surface area (Å²) < 4.78 is 12.8. The molecule has 2 aromatic heterocycles. The molecule has 0 unspecified atom stereocenters. The van der Waals surface area contributed by atoms with E-state index in [0.29, 0.717) is 31.7 Å². The van der Waals surface area contributed by atoms with Gasteiger partial charge in [0.2, 0.25) is 0 Å². The van der Waals surface area contributed by atoms with Gasteiger partial charge in [-0.25, -0.2) is 0 Å². The summed E-state index contributed by atoms with van der Waals surface area (Å²) in [6.45, 7) is 1.71. The molecule has 2 atom stereocenters. The van der Waals surface area contributed by atoms with Crippen LogP contribution in [-0.2, 0) is 22.9 Å². The van der Waals surface area contributed by atoms with Crippen molar-refractivity contribution in [2.75, 3.05) is 26.9 Å². The highest BCUT2D eigenvalue weighted by Crippen LogP contribution is 2.26. The normalized spacial score (nSPS) is 20.2. The van der Waals surface area contributed by atoms with Gasteiger partial charge in [-0.15, -0.1) is 0 Å². The van der Waals surface area contributed by atoms with Gasteiger partial charge in [0.25, 0.3) is 5.91 Å². The minimum absolute atomic E-state index is 0.0193. The van der Waals surface area contributed by atoms with E-state index in [9.17, 15) is 4.79 Å². The van der Waals surface area contributed by atoms with E-state index >= 15 is 0 Å². The second-order valence-corrected chi connectivity index (χ2v) is 6.11. The summed E-state index contributed by atoms with van der Waals surface area (Å²) in [6.07, 6.45) is 8.33. The smallest absolute Gasteiger partial charge is 0.255 e. The molecular formula is C17H23N5O3. The number of carbonyl (C=O) groups excluding carboxylic acids is 1. The van der Waals surface area contributed by atoms with Crippen molar-refractivity contribution in [3.8, 4) is 0 Å². The molecule has 1 amide bonds. The van der Waals surface area contributed by atoms with Crippen LogP contribution in [0.2, 0.25) is 0 Å². The summed E-state index contributed by atoms with van der Waals surface area (Å²) in [5.41, 5.74) is 1.63. The summed E-state index contributed by atoms with van der Waals surface area (Å²) in [4.78, 5) is 14.8. The van der Waals surface area contributed by atoms with Crippen LogP contribution in [0.4, 0.5) is 0 Å². The largest absolute Gasteiger partial charge is 0.382 e. The molecule has 134 valence electrons. The lowest BCUT2D eigenvalue weighted by Gasteiger charge is -2.28. The molecule has 0 spiro atoms. The number of aryl methyl sites for hydroxylation is 1. The quantitative estimate of drug-likeness (QED) is 0.687. The minimum atomic E-state index is -0.0402. The van der Waals surface area contributed by atoms with Gasteiger partial charge in [-0.1, -0.05) is 0 Å². The molecule has 25 heavy (non-hydrogen) atoms. The molecule has 2 aromatic rings. The van der Waals surface area contributed by atoms with E-state index in [1.165, 1.54) is 12.4 Å². The fourth-order valence-corrected chi connectivity index (χ4v) is 3.20. The molecule has 1 saturated heterocycles. The van der Waals surface area contributed by atoms with Crippen LogP contribution in [0.1, 0.15) is 22.3 Å². The van der Waals surface area contributed by atoms with Crippen LogP contribution in [0, 0.1) is 0 Å². The fraction of sp³-hybridized carbons (Fsp3) is 0.529. The summed E-state index contributed by atoms with van der Waals surface area (Å²) in [5.74, 6) is -0.0402. The average Bonchev–Trinajstić information content (AvgIpc) is 3.22. The molecule has 1 aliphatic heterocycles. The van der Waals surface area contributed by atoms with Crippen LogP contribution in [-0.4, -0.2) is 69.8 Å². The van der Waals surface area contributed by atoms with E-state index in [0.717, 1.165) is 12.0 Å². The van der Waals surface area contributed by atoms with Crippen molar-refractivity contribution in [1.82, 2.24) is 24.9 Å². The van der Waals surface area contributed by atoms with E-state index in [1.54, 1.807) is 17.9 Å². The van der Waals surface area contributed by atoms with Crippen LogP contribution in [0.5, 0.6) is 0 Å². The lowest BCUT2D eigenvalue weighted by Crippen LogP contribution is -2.42. The number of hydrogen-bond donors (Lipinski definition) is 0. The highest BCUT2D eigenvalue weighted by atomic mass is 16.5. The molecule has 8 heteroatoms. The summed E-state index contributed by atoms with van der Waals surface area (Å²) in [5, 5.41) is 11.8. The Bertz CT molecular complexity index is 691. The van der Waals surface area contributed by atoms with Crippen LogP contribution in [0.25, 0.3) is 0 Å². The number of aromatic nitrogens is 4. The molecule has 1 fully saturated rings. The molecule has 3 rings (SSSR count). The zero-order valence-electron chi connectivity index (χ0n) is 14.5. The Morgan fingerprint density at radius 1 is 1.32 bits per heavy atom. The molecule has 0 aliphatic carbocycles. The minimum Gasteiger partial charge on any atom is -0.382 e. The number of amides is 1. The molecule has 1 aliphatic rings. The number of rotatable bonds is 7. The maximum atomic E-state index is 12.9. The van der Waals surface area contributed by atoms with Crippen molar-refractivity contribution in [3.63, 3.8) is 0 Å². The Balaban J connectivity index is 1.76. The molecule has 0 radical (unpaired) electrons. The summed E-state index contributed by atoms with van der Waals surface area (Å²) in [6, 6.07) is 1.65. The Morgan fingerprint density at radius 3 is 2.88 bits per heavy atom. The molecular weight excluding hydrogens is 322 g/mol. The van der Waals surface area contributed by atoms with Gasteiger partial charge in [0.1, 0.15) is 0 Å². The van der Waals surface area contributed by atoms with Crippen molar-refractivity contribution in [2.24, 2.45) is 7.05 Å². The predicted octanol–water partition coefficient (Wildman–Crippen LogP) is 0.699. The van der Waals surface area contributed by atoms with Crippen molar-refractivity contribution < 1.29 is 14.3 Å². The number of ether oxygens (including phenoxy) is 2. The van der Waals surface area contributed by atoms with Crippen molar-refractivity contribution in [3.05, 3.63) is 42.0 Å². The molecule has 0 N–H and O–H groups in total. The summed E-state index contributed by atoms with van der Waals surface area (Å²) >= 11 is 0. The Labute approximate surface area is 146 Å². The van der Waals surface area contributed by atoms with Gasteiger partial charge in [-0.3, -0.25) is 9.48 Å². The first-order valence-electron chi connectivity index (χ1n) is 8.34. The van der Waals surface area contributed by atoms with Gasteiger partial charge in [0.05, 0.1) is 49.5 Å². The number of nitrogens with zero attached hydrogens (tertiary/aromatic N) is 5. The summed E-state index contributed by atoms with van der Waals surface area (Å²) in [7, 11) is 3.54. The highest BCUT2D eigenvalue weighted by Gasteiger charge is 2.38. The first kappa shape index (κ1) is 17.5. The van der Waals surface area contributed by atoms with Crippen LogP contribution >= 0.6 is 0 Å². The lowest BCUT2D eigenvalue weighted by atomic mass is 10.0. The zero-order chi connectivity index (χ0) is 17.6. The number of carbonyl (C=O) groups is 1. The standard InChI is InChI=1S/C17H23N5O3/c1-21-12-13(10-20-21)9-15-16(25-8-7-24-2)4-6-22(15)17(23)14-3-5-18-19-11-14/h3,5,10-12,15-16H,4,6-9H2,1-2H3/t15-,16+/m0/s1. The van der Waals surface area contributed by atoms with Crippen LogP contribution in [0.3, 0.4) is 0 Å². The Morgan fingerprint density at radius 2 is 2.20 bits per heavy atom. The predicted molar refractivity (Wildman–Crippen MR) is 90.0 cm³/mol. The lowest BCUT2D eigenvalue weighted by molar-refractivity contribution is 0.000485. The Hall–Kier alpha value is -2.32. The van der Waals surface area contributed by atoms with E-state index in [2.05, 4.69) is 15.3 Å². The first-order chi connectivity index (χ1) is 12.2. The maximum Gasteiger partial charge on any atom is 0.255 e. The second kappa shape index (κ2) is 8.17. The zero-order valence-corrected chi connectivity index (χ0v) is 14.5.